The number of esters is 1. The maximum absolute atomic E-state index is 10.8. The van der Waals surface area contributed by atoms with Gasteiger partial charge in [0, 0.05) is 0 Å². The van der Waals surface area contributed by atoms with Gasteiger partial charge in [-0.2, -0.15) is 0 Å². The fourth-order valence-corrected chi connectivity index (χ4v) is 1.19. The summed E-state index contributed by atoms with van der Waals surface area (Å²) in [6, 6.07) is 0. The predicted molar refractivity (Wildman–Crippen MR) is 53.9 cm³/mol. The summed E-state index contributed by atoms with van der Waals surface area (Å²) in [5.41, 5.74) is 0. The molecular formula is C11H19KO4. The molecule has 0 aromatic heterocycles. The van der Waals surface area contributed by atoms with Crippen LogP contribution < -0.4 is 56.5 Å². The van der Waals surface area contributed by atoms with Crippen LogP contribution in [0.5, 0.6) is 0 Å². The summed E-state index contributed by atoms with van der Waals surface area (Å²) < 4.78 is 4.70. The van der Waals surface area contributed by atoms with Crippen molar-refractivity contribution < 1.29 is 70.8 Å². The van der Waals surface area contributed by atoms with Gasteiger partial charge >= 0.3 is 57.4 Å². The summed E-state index contributed by atoms with van der Waals surface area (Å²) in [6.07, 6.45) is 3.46. The monoisotopic (exact) mass is 254 g/mol. The molecule has 0 saturated carbocycles. The van der Waals surface area contributed by atoms with E-state index in [1.165, 1.54) is 6.42 Å². The van der Waals surface area contributed by atoms with Gasteiger partial charge in [0.05, 0.1) is 19.0 Å². The molecule has 0 N–H and O–H groups in total. The Balaban J connectivity index is 0. The van der Waals surface area contributed by atoms with Gasteiger partial charge in [-0.05, 0) is 12.3 Å². The van der Waals surface area contributed by atoms with Crippen molar-refractivity contribution in [3.8, 4) is 0 Å². The molecule has 16 heavy (non-hydrogen) atoms. The molecule has 88 valence electrons. The van der Waals surface area contributed by atoms with Crippen molar-refractivity contribution in [1.29, 1.82) is 0 Å². The topological polar surface area (TPSA) is 66.4 Å². The van der Waals surface area contributed by atoms with Crippen molar-refractivity contribution in [2.24, 2.45) is 5.92 Å². The number of aliphatic carboxylic acids is 1. The third kappa shape index (κ3) is 14.6. The van der Waals surface area contributed by atoms with E-state index in [1.54, 1.807) is 0 Å². The van der Waals surface area contributed by atoms with Gasteiger partial charge in [0.1, 0.15) is 0 Å². The largest absolute Gasteiger partial charge is 1.00 e. The number of carbonyl (C=O) groups is 2. The maximum atomic E-state index is 10.8. The van der Waals surface area contributed by atoms with Crippen molar-refractivity contribution in [3.05, 3.63) is 0 Å². The van der Waals surface area contributed by atoms with Crippen LogP contribution in [0.3, 0.4) is 0 Å². The molecule has 0 aliphatic carbocycles. The van der Waals surface area contributed by atoms with Crippen LogP contribution in [0.25, 0.3) is 0 Å². The Morgan fingerprint density at radius 2 is 1.81 bits per heavy atom. The molecule has 0 saturated heterocycles. The van der Waals surface area contributed by atoms with Crippen LogP contribution >= 0.6 is 0 Å². The Labute approximate surface area is 140 Å². The van der Waals surface area contributed by atoms with E-state index in [1.807, 2.05) is 0 Å². The number of carbonyl (C=O) groups excluding carboxylic acids is 2. The molecule has 0 rings (SSSR count). The summed E-state index contributed by atoms with van der Waals surface area (Å²) in [5.74, 6) is -1.40. The van der Waals surface area contributed by atoms with Gasteiger partial charge in [-0.3, -0.25) is 4.79 Å². The Kier molecular flexibility index (Phi) is 14.2. The molecule has 0 bridgehead atoms. The molecule has 5 heteroatoms. The number of ether oxygens (including phenoxy) is 1. The number of rotatable bonds is 8. The first-order valence-corrected chi connectivity index (χ1v) is 5.38. The van der Waals surface area contributed by atoms with Crippen molar-refractivity contribution in [2.75, 3.05) is 6.61 Å². The Bertz CT molecular complexity index is 204. The van der Waals surface area contributed by atoms with Crippen LogP contribution in [0.1, 0.15) is 46.0 Å². The van der Waals surface area contributed by atoms with Crippen LogP contribution in [-0.4, -0.2) is 18.5 Å². The van der Waals surface area contributed by atoms with E-state index in [4.69, 9.17) is 4.74 Å². The van der Waals surface area contributed by atoms with E-state index < -0.39 is 18.4 Å². The molecule has 0 aromatic rings. The first-order valence-electron chi connectivity index (χ1n) is 5.38. The van der Waals surface area contributed by atoms with Gasteiger partial charge in [0.25, 0.3) is 0 Å². The quantitative estimate of drug-likeness (QED) is 0.215. The average Bonchev–Trinajstić information content (AvgIpc) is 2.09. The van der Waals surface area contributed by atoms with E-state index in [2.05, 4.69) is 13.8 Å². The predicted octanol–water partition coefficient (Wildman–Crippen LogP) is -2.11. The van der Waals surface area contributed by atoms with Gasteiger partial charge in [0.15, 0.2) is 0 Å². The van der Waals surface area contributed by atoms with Crippen LogP contribution in [0.4, 0.5) is 0 Å². The molecule has 0 radical (unpaired) electrons. The molecule has 0 spiro atoms. The summed E-state index contributed by atoms with van der Waals surface area (Å²) >= 11 is 0. The molecule has 0 amide bonds. The standard InChI is InChI=1S/C11H20O4.K/c1-9(2)6-4-3-5-7-15-11(14)8-10(12)13;/h9H,3-8H2,1-2H3,(H,12,13);/q;+1/p-1. The van der Waals surface area contributed by atoms with E-state index in [0.717, 1.165) is 19.3 Å². The van der Waals surface area contributed by atoms with E-state index in [9.17, 15) is 14.7 Å². The Morgan fingerprint density at radius 3 is 2.31 bits per heavy atom. The second-order valence-corrected chi connectivity index (χ2v) is 4.01. The van der Waals surface area contributed by atoms with Crippen molar-refractivity contribution in [2.45, 2.75) is 46.0 Å². The van der Waals surface area contributed by atoms with Gasteiger partial charge in [-0.1, -0.05) is 33.1 Å². The molecule has 0 heterocycles. The SMILES string of the molecule is CC(C)CCCCCOC(=O)CC(=O)[O-].[K+]. The van der Waals surface area contributed by atoms with Crippen LogP contribution in [-0.2, 0) is 14.3 Å². The fraction of sp³-hybridized carbons (Fsp3) is 0.818. The minimum Gasteiger partial charge on any atom is -0.550 e. The molecule has 0 aliphatic heterocycles. The number of hydrogen-bond acceptors (Lipinski definition) is 4. The molecule has 4 nitrogen and oxygen atoms in total. The fourth-order valence-electron chi connectivity index (χ4n) is 1.19. The first kappa shape index (κ1) is 18.9. The van der Waals surface area contributed by atoms with E-state index >= 15 is 0 Å². The summed E-state index contributed by atoms with van der Waals surface area (Å²) in [5, 5.41) is 10.0. The van der Waals surface area contributed by atoms with Crippen molar-refractivity contribution in [3.63, 3.8) is 0 Å². The third-order valence-corrected chi connectivity index (χ3v) is 1.98. The van der Waals surface area contributed by atoms with Crippen molar-refractivity contribution >= 4 is 11.9 Å². The summed E-state index contributed by atoms with van der Waals surface area (Å²) in [6.45, 7) is 4.64. The van der Waals surface area contributed by atoms with Crippen molar-refractivity contribution in [1.82, 2.24) is 0 Å². The number of carboxylic acid groups (broad SMARTS) is 1. The normalized spacial score (nSPS) is 9.69. The molecular weight excluding hydrogens is 235 g/mol. The minimum absolute atomic E-state index is 0. The summed E-state index contributed by atoms with van der Waals surface area (Å²) in [4.78, 5) is 20.8. The second-order valence-electron chi connectivity index (χ2n) is 4.01. The summed E-state index contributed by atoms with van der Waals surface area (Å²) in [7, 11) is 0. The number of unbranched alkanes of at least 4 members (excludes halogenated alkanes) is 2. The van der Waals surface area contributed by atoms with Crippen LogP contribution in [0.15, 0.2) is 0 Å². The van der Waals surface area contributed by atoms with Gasteiger partial charge in [0.2, 0.25) is 0 Å². The zero-order valence-electron chi connectivity index (χ0n) is 10.5. The zero-order valence-corrected chi connectivity index (χ0v) is 13.6. The van der Waals surface area contributed by atoms with Gasteiger partial charge in [-0.15, -0.1) is 0 Å². The molecule has 0 fully saturated rings. The van der Waals surface area contributed by atoms with Crippen LogP contribution in [0, 0.1) is 5.92 Å². The zero-order chi connectivity index (χ0) is 11.7. The molecule has 0 atom stereocenters. The molecule has 0 aromatic carbocycles. The average molecular weight is 254 g/mol. The second kappa shape index (κ2) is 12.0. The van der Waals surface area contributed by atoms with Gasteiger partial charge < -0.3 is 14.6 Å². The maximum Gasteiger partial charge on any atom is 1.00 e. The minimum atomic E-state index is -1.39. The number of hydrogen-bond donors (Lipinski definition) is 0. The first-order chi connectivity index (χ1) is 7.02. The van der Waals surface area contributed by atoms with E-state index in [0.29, 0.717) is 12.5 Å². The van der Waals surface area contributed by atoms with Crippen LogP contribution in [0.2, 0.25) is 0 Å². The molecule has 0 unspecified atom stereocenters. The Hall–Kier alpha value is 0.576. The molecule has 0 aliphatic rings. The number of carboxylic acids is 1. The van der Waals surface area contributed by atoms with E-state index in [-0.39, 0.29) is 51.4 Å². The van der Waals surface area contributed by atoms with Gasteiger partial charge in [-0.25, -0.2) is 0 Å². The smallest absolute Gasteiger partial charge is 0.550 e. The third-order valence-electron chi connectivity index (χ3n) is 1.98. The Morgan fingerprint density at radius 1 is 1.19 bits per heavy atom.